The molecule has 1 aromatic carbocycles. The highest BCUT2D eigenvalue weighted by Gasteiger charge is 2.25. The molecule has 1 aromatic rings. The second-order valence-corrected chi connectivity index (χ2v) is 8.58. The number of carbonyl (C=O) groups excluding carboxylic acids is 1. The molecule has 0 aliphatic carbocycles. The van der Waals surface area contributed by atoms with Crippen LogP contribution in [0.2, 0.25) is 0 Å². The molecule has 2 aliphatic rings. The predicted molar refractivity (Wildman–Crippen MR) is 89.1 cm³/mol. The van der Waals surface area contributed by atoms with Gasteiger partial charge in [-0.25, -0.2) is 8.42 Å². The van der Waals surface area contributed by atoms with Gasteiger partial charge in [-0.3, -0.25) is 9.69 Å². The highest BCUT2D eigenvalue weighted by molar-refractivity contribution is 7.94. The van der Waals surface area contributed by atoms with Gasteiger partial charge < -0.3 is 4.90 Å². The Labute approximate surface area is 137 Å². The summed E-state index contributed by atoms with van der Waals surface area (Å²) in [5.74, 6) is -0.157. The Balaban J connectivity index is 1.59. The average molecular weight is 334 g/mol. The number of fused-ring (bicyclic) bond motifs is 1. The second kappa shape index (κ2) is 6.09. The van der Waals surface area contributed by atoms with Gasteiger partial charge in [0.2, 0.25) is 5.91 Å². The summed E-state index contributed by atoms with van der Waals surface area (Å²) in [6, 6.07) is 6.38. The first-order valence-electron chi connectivity index (χ1n) is 7.76. The monoisotopic (exact) mass is 334 g/mol. The normalized spacial score (nSPS) is 22.3. The Hall–Kier alpha value is -1.66. The number of benzene rings is 1. The van der Waals surface area contributed by atoms with Crippen LogP contribution in [0.4, 0.5) is 0 Å². The standard InChI is InChI=1S/C17H22N2O3S/c1-18-10-15-4-3-13(7-16(15)11-18)9-19(2)17(20)8-14-5-6-23(21,22)12-14/h3-7,14H,8-12H2,1-2H3/t14-/m1/s1. The van der Waals surface area contributed by atoms with Gasteiger partial charge in [0.1, 0.15) is 0 Å². The van der Waals surface area contributed by atoms with Gasteiger partial charge in [0.05, 0.1) is 5.75 Å². The molecule has 0 fully saturated rings. The van der Waals surface area contributed by atoms with Gasteiger partial charge in [0.25, 0.3) is 0 Å². The van der Waals surface area contributed by atoms with Crippen LogP contribution < -0.4 is 0 Å². The maximum Gasteiger partial charge on any atom is 0.223 e. The molecule has 5 nitrogen and oxygen atoms in total. The van der Waals surface area contributed by atoms with Crippen LogP contribution in [0.1, 0.15) is 23.1 Å². The first-order chi connectivity index (χ1) is 10.8. The van der Waals surface area contributed by atoms with Crippen molar-refractivity contribution in [2.75, 3.05) is 19.8 Å². The number of hydrogen-bond acceptors (Lipinski definition) is 4. The van der Waals surface area contributed by atoms with E-state index in [0.717, 1.165) is 18.7 Å². The van der Waals surface area contributed by atoms with E-state index in [4.69, 9.17) is 0 Å². The van der Waals surface area contributed by atoms with Crippen LogP contribution in [0.25, 0.3) is 0 Å². The van der Waals surface area contributed by atoms with E-state index in [1.807, 2.05) is 0 Å². The summed E-state index contributed by atoms with van der Waals surface area (Å²) < 4.78 is 22.8. The predicted octanol–water partition coefficient (Wildman–Crippen LogP) is 1.54. The fraction of sp³-hybridized carbons (Fsp3) is 0.471. The summed E-state index contributed by atoms with van der Waals surface area (Å²) in [6.45, 7) is 2.48. The number of hydrogen-bond donors (Lipinski definition) is 0. The van der Waals surface area contributed by atoms with Crippen molar-refractivity contribution in [2.45, 2.75) is 26.1 Å². The Morgan fingerprint density at radius 2 is 2.04 bits per heavy atom. The molecule has 23 heavy (non-hydrogen) atoms. The van der Waals surface area contributed by atoms with Crippen LogP contribution >= 0.6 is 0 Å². The molecule has 0 saturated carbocycles. The van der Waals surface area contributed by atoms with E-state index in [9.17, 15) is 13.2 Å². The first kappa shape index (κ1) is 16.2. The van der Waals surface area contributed by atoms with E-state index in [1.54, 1.807) is 18.0 Å². The lowest BCUT2D eigenvalue weighted by molar-refractivity contribution is -0.130. The van der Waals surface area contributed by atoms with Crippen molar-refractivity contribution in [3.8, 4) is 0 Å². The largest absolute Gasteiger partial charge is 0.341 e. The van der Waals surface area contributed by atoms with Crippen LogP contribution in [0.15, 0.2) is 29.7 Å². The van der Waals surface area contributed by atoms with E-state index in [2.05, 4.69) is 30.1 Å². The lowest BCUT2D eigenvalue weighted by atomic mass is 10.1. The number of carbonyl (C=O) groups is 1. The maximum atomic E-state index is 12.3. The smallest absolute Gasteiger partial charge is 0.223 e. The van der Waals surface area contributed by atoms with Gasteiger partial charge in [-0.05, 0) is 23.7 Å². The minimum atomic E-state index is -3.09. The highest BCUT2D eigenvalue weighted by Crippen LogP contribution is 2.23. The molecular weight excluding hydrogens is 312 g/mol. The van der Waals surface area contributed by atoms with E-state index >= 15 is 0 Å². The van der Waals surface area contributed by atoms with E-state index in [0.29, 0.717) is 6.54 Å². The number of rotatable bonds is 4. The second-order valence-electron chi connectivity index (χ2n) is 6.65. The fourth-order valence-corrected chi connectivity index (χ4v) is 4.62. The Morgan fingerprint density at radius 3 is 2.74 bits per heavy atom. The third-order valence-corrected chi connectivity index (χ3v) is 5.90. The minimum absolute atomic E-state index is 0.0191. The maximum absolute atomic E-state index is 12.3. The van der Waals surface area contributed by atoms with Crippen molar-refractivity contribution in [3.63, 3.8) is 0 Å². The van der Waals surface area contributed by atoms with Crippen LogP contribution in [0, 0.1) is 5.92 Å². The van der Waals surface area contributed by atoms with E-state index < -0.39 is 9.84 Å². The van der Waals surface area contributed by atoms with Crippen molar-refractivity contribution in [2.24, 2.45) is 5.92 Å². The molecule has 2 aliphatic heterocycles. The molecule has 3 rings (SSSR count). The van der Waals surface area contributed by atoms with Gasteiger partial charge in [-0.15, -0.1) is 0 Å². The number of sulfone groups is 1. The van der Waals surface area contributed by atoms with Crippen molar-refractivity contribution in [3.05, 3.63) is 46.4 Å². The van der Waals surface area contributed by atoms with Gasteiger partial charge in [0, 0.05) is 44.4 Å². The number of amides is 1. The molecule has 1 atom stereocenters. The van der Waals surface area contributed by atoms with Crippen molar-refractivity contribution in [1.29, 1.82) is 0 Å². The topological polar surface area (TPSA) is 57.7 Å². The molecule has 2 heterocycles. The Bertz CT molecular complexity index is 755. The average Bonchev–Trinajstić information content (AvgIpc) is 2.99. The first-order valence-corrected chi connectivity index (χ1v) is 9.48. The van der Waals surface area contributed by atoms with E-state index in [-0.39, 0.29) is 24.0 Å². The zero-order valence-corrected chi connectivity index (χ0v) is 14.3. The SMILES string of the molecule is CN1Cc2ccc(CN(C)C(=O)C[C@H]3C=CS(=O)(=O)C3)cc2C1. The lowest BCUT2D eigenvalue weighted by Crippen LogP contribution is -2.28. The molecule has 0 radical (unpaired) electrons. The van der Waals surface area contributed by atoms with Crippen molar-refractivity contribution in [1.82, 2.24) is 9.80 Å². The molecule has 6 heteroatoms. The highest BCUT2D eigenvalue weighted by atomic mass is 32.2. The third kappa shape index (κ3) is 3.82. The van der Waals surface area contributed by atoms with Crippen LogP contribution in [-0.4, -0.2) is 44.0 Å². The van der Waals surface area contributed by atoms with Gasteiger partial charge in [-0.2, -0.15) is 0 Å². The Kier molecular flexibility index (Phi) is 4.29. The summed E-state index contributed by atoms with van der Waals surface area (Å²) in [6.07, 6.45) is 1.88. The van der Waals surface area contributed by atoms with Crippen LogP contribution in [-0.2, 0) is 34.3 Å². The molecular formula is C17H22N2O3S. The van der Waals surface area contributed by atoms with Crippen LogP contribution in [0.3, 0.4) is 0 Å². The summed E-state index contributed by atoms with van der Waals surface area (Å²) in [5, 5.41) is 1.22. The number of nitrogens with zero attached hydrogens (tertiary/aromatic N) is 2. The molecule has 124 valence electrons. The summed E-state index contributed by atoms with van der Waals surface area (Å²) in [7, 11) is 0.775. The summed E-state index contributed by atoms with van der Waals surface area (Å²) in [4.78, 5) is 16.2. The van der Waals surface area contributed by atoms with Gasteiger partial charge in [-0.1, -0.05) is 24.3 Å². The molecule has 0 bridgehead atoms. The summed E-state index contributed by atoms with van der Waals surface area (Å²) in [5.41, 5.74) is 3.80. The van der Waals surface area contributed by atoms with Gasteiger partial charge >= 0.3 is 0 Å². The zero-order chi connectivity index (χ0) is 16.6. The number of allylic oxidation sites excluding steroid dienone is 1. The molecule has 0 unspecified atom stereocenters. The quantitative estimate of drug-likeness (QED) is 0.838. The summed E-state index contributed by atoms with van der Waals surface area (Å²) >= 11 is 0. The van der Waals surface area contributed by atoms with E-state index in [1.165, 1.54) is 16.5 Å². The molecule has 0 N–H and O–H groups in total. The molecule has 0 aromatic heterocycles. The van der Waals surface area contributed by atoms with Crippen molar-refractivity contribution >= 4 is 15.7 Å². The molecule has 0 spiro atoms. The third-order valence-electron chi connectivity index (χ3n) is 4.44. The zero-order valence-electron chi connectivity index (χ0n) is 13.5. The molecule has 0 saturated heterocycles. The Morgan fingerprint density at radius 1 is 1.30 bits per heavy atom. The lowest BCUT2D eigenvalue weighted by Gasteiger charge is -2.19. The minimum Gasteiger partial charge on any atom is -0.341 e. The van der Waals surface area contributed by atoms with Gasteiger partial charge in [0.15, 0.2) is 9.84 Å². The fourth-order valence-electron chi connectivity index (χ4n) is 3.23. The van der Waals surface area contributed by atoms with Crippen LogP contribution in [0.5, 0.6) is 0 Å². The molecule has 1 amide bonds. The van der Waals surface area contributed by atoms with Crippen molar-refractivity contribution < 1.29 is 13.2 Å².